The predicted molar refractivity (Wildman–Crippen MR) is 82.1 cm³/mol. The first-order valence-corrected chi connectivity index (χ1v) is 8.21. The van der Waals surface area contributed by atoms with Crippen molar-refractivity contribution in [3.8, 4) is 0 Å². The van der Waals surface area contributed by atoms with Crippen LogP contribution in [0.3, 0.4) is 0 Å². The van der Waals surface area contributed by atoms with Crippen LogP contribution < -0.4 is 0 Å². The zero-order valence-electron chi connectivity index (χ0n) is 13.2. The SMILES string of the molecule is CCc1nccn1[C@H]1CCCN(C(=O)[C@H]2CCCN2C)C1. The number of imidazole rings is 1. The van der Waals surface area contributed by atoms with Crippen molar-refractivity contribution in [3.63, 3.8) is 0 Å². The molecule has 2 fully saturated rings. The second kappa shape index (κ2) is 6.18. The first-order chi connectivity index (χ1) is 10.2. The highest BCUT2D eigenvalue weighted by atomic mass is 16.2. The maximum Gasteiger partial charge on any atom is 0.239 e. The van der Waals surface area contributed by atoms with Gasteiger partial charge in [-0.1, -0.05) is 6.92 Å². The van der Waals surface area contributed by atoms with E-state index in [0.717, 1.165) is 57.6 Å². The average molecular weight is 290 g/mol. The zero-order chi connectivity index (χ0) is 14.8. The maximum absolute atomic E-state index is 12.7. The van der Waals surface area contributed by atoms with Crippen molar-refractivity contribution in [1.82, 2.24) is 19.4 Å². The van der Waals surface area contributed by atoms with Crippen molar-refractivity contribution in [2.45, 2.75) is 51.1 Å². The lowest BCUT2D eigenvalue weighted by Crippen LogP contribution is -2.48. The average Bonchev–Trinajstić information content (AvgIpc) is 3.15. The molecule has 2 aliphatic rings. The first kappa shape index (κ1) is 14.6. The molecule has 2 saturated heterocycles. The number of hydrogen-bond donors (Lipinski definition) is 0. The van der Waals surface area contributed by atoms with Crippen LogP contribution in [0.1, 0.15) is 44.5 Å². The van der Waals surface area contributed by atoms with Crippen molar-refractivity contribution in [3.05, 3.63) is 18.2 Å². The number of aromatic nitrogens is 2. The van der Waals surface area contributed by atoms with Crippen LogP contribution >= 0.6 is 0 Å². The Morgan fingerprint density at radius 3 is 2.86 bits per heavy atom. The van der Waals surface area contributed by atoms with Gasteiger partial charge in [-0.05, 0) is 39.3 Å². The topological polar surface area (TPSA) is 41.4 Å². The molecule has 0 bridgehead atoms. The van der Waals surface area contributed by atoms with Gasteiger partial charge in [-0.25, -0.2) is 4.98 Å². The molecule has 0 N–H and O–H groups in total. The quantitative estimate of drug-likeness (QED) is 0.851. The van der Waals surface area contributed by atoms with Crippen molar-refractivity contribution in [2.75, 3.05) is 26.7 Å². The molecule has 0 aromatic carbocycles. The Kier molecular flexibility index (Phi) is 4.29. The Labute approximate surface area is 126 Å². The van der Waals surface area contributed by atoms with Crippen molar-refractivity contribution in [2.24, 2.45) is 0 Å². The van der Waals surface area contributed by atoms with E-state index in [1.165, 1.54) is 0 Å². The van der Waals surface area contributed by atoms with Gasteiger partial charge in [0.2, 0.25) is 5.91 Å². The smallest absolute Gasteiger partial charge is 0.239 e. The summed E-state index contributed by atoms with van der Waals surface area (Å²) in [5.74, 6) is 1.46. The van der Waals surface area contributed by atoms with E-state index in [1.807, 2.05) is 6.20 Å². The van der Waals surface area contributed by atoms with Gasteiger partial charge in [-0.2, -0.15) is 0 Å². The van der Waals surface area contributed by atoms with Gasteiger partial charge in [-0.15, -0.1) is 0 Å². The van der Waals surface area contributed by atoms with Gasteiger partial charge >= 0.3 is 0 Å². The van der Waals surface area contributed by atoms with E-state index in [0.29, 0.717) is 11.9 Å². The fourth-order valence-electron chi connectivity index (χ4n) is 3.77. The van der Waals surface area contributed by atoms with Gasteiger partial charge < -0.3 is 9.47 Å². The summed E-state index contributed by atoms with van der Waals surface area (Å²) in [4.78, 5) is 21.5. The molecule has 1 amide bonds. The van der Waals surface area contributed by atoms with Gasteiger partial charge in [0.1, 0.15) is 5.82 Å². The van der Waals surface area contributed by atoms with Crippen LogP contribution in [0.2, 0.25) is 0 Å². The van der Waals surface area contributed by atoms with E-state index < -0.39 is 0 Å². The number of aryl methyl sites for hydroxylation is 1. The van der Waals surface area contributed by atoms with Crippen LogP contribution in [0, 0.1) is 0 Å². The fraction of sp³-hybridized carbons (Fsp3) is 0.750. The minimum absolute atomic E-state index is 0.109. The van der Waals surface area contributed by atoms with E-state index in [1.54, 1.807) is 0 Å². The number of rotatable bonds is 3. The summed E-state index contributed by atoms with van der Waals surface area (Å²) in [7, 11) is 2.07. The Morgan fingerprint density at radius 1 is 1.33 bits per heavy atom. The summed E-state index contributed by atoms with van der Waals surface area (Å²) >= 11 is 0. The second-order valence-electron chi connectivity index (χ2n) is 6.32. The molecule has 21 heavy (non-hydrogen) atoms. The molecule has 3 heterocycles. The summed E-state index contributed by atoms with van der Waals surface area (Å²) in [5, 5.41) is 0. The van der Waals surface area contributed by atoms with Gasteiger partial charge in [0.25, 0.3) is 0 Å². The highest BCUT2D eigenvalue weighted by Crippen LogP contribution is 2.25. The number of carbonyl (C=O) groups is 1. The normalized spacial score (nSPS) is 27.2. The third-order valence-corrected chi connectivity index (χ3v) is 4.97. The summed E-state index contributed by atoms with van der Waals surface area (Å²) in [6.45, 7) is 4.94. The number of piperidine rings is 1. The van der Waals surface area contributed by atoms with E-state index in [2.05, 4.69) is 39.5 Å². The lowest BCUT2D eigenvalue weighted by Gasteiger charge is -2.36. The molecule has 5 nitrogen and oxygen atoms in total. The third kappa shape index (κ3) is 2.84. The number of likely N-dealkylation sites (tertiary alicyclic amines) is 2. The Balaban J connectivity index is 1.69. The maximum atomic E-state index is 12.7. The monoisotopic (exact) mass is 290 g/mol. The Hall–Kier alpha value is -1.36. The van der Waals surface area contributed by atoms with E-state index >= 15 is 0 Å². The molecule has 2 aliphatic heterocycles. The van der Waals surface area contributed by atoms with E-state index in [-0.39, 0.29) is 6.04 Å². The van der Waals surface area contributed by atoms with Crippen LogP contribution in [0.4, 0.5) is 0 Å². The molecule has 116 valence electrons. The van der Waals surface area contributed by atoms with Gasteiger partial charge in [0.05, 0.1) is 12.1 Å². The summed E-state index contributed by atoms with van der Waals surface area (Å²) in [6.07, 6.45) is 9.29. The second-order valence-corrected chi connectivity index (χ2v) is 6.32. The molecule has 1 aromatic heterocycles. The van der Waals surface area contributed by atoms with Gasteiger partial charge in [0.15, 0.2) is 0 Å². The number of likely N-dealkylation sites (N-methyl/N-ethyl adjacent to an activating group) is 1. The molecule has 0 spiro atoms. The predicted octanol–water partition coefficient (Wildman–Crippen LogP) is 1.70. The van der Waals surface area contributed by atoms with Crippen LogP contribution in [0.15, 0.2) is 12.4 Å². The molecule has 2 atom stereocenters. The minimum Gasteiger partial charge on any atom is -0.339 e. The highest BCUT2D eigenvalue weighted by molar-refractivity contribution is 5.82. The molecule has 0 radical (unpaired) electrons. The van der Waals surface area contributed by atoms with Crippen LogP contribution in [-0.2, 0) is 11.2 Å². The third-order valence-electron chi connectivity index (χ3n) is 4.97. The lowest BCUT2D eigenvalue weighted by atomic mass is 10.0. The van der Waals surface area contributed by atoms with E-state index in [4.69, 9.17) is 0 Å². The molecule has 5 heteroatoms. The molecular formula is C16H26N4O. The molecule has 3 rings (SSSR count). The van der Waals surface area contributed by atoms with Crippen LogP contribution in [0.5, 0.6) is 0 Å². The fourth-order valence-corrected chi connectivity index (χ4v) is 3.77. The number of carbonyl (C=O) groups excluding carboxylic acids is 1. The van der Waals surface area contributed by atoms with Crippen LogP contribution in [0.25, 0.3) is 0 Å². The van der Waals surface area contributed by atoms with Gasteiger partial charge in [0, 0.05) is 31.9 Å². The summed E-state index contributed by atoms with van der Waals surface area (Å²) < 4.78 is 2.28. The molecular weight excluding hydrogens is 264 g/mol. The Bertz CT molecular complexity index is 498. The highest BCUT2D eigenvalue weighted by Gasteiger charge is 2.34. The molecule has 0 unspecified atom stereocenters. The van der Waals surface area contributed by atoms with Crippen molar-refractivity contribution >= 4 is 5.91 Å². The summed E-state index contributed by atoms with van der Waals surface area (Å²) in [5.41, 5.74) is 0. The summed E-state index contributed by atoms with van der Waals surface area (Å²) in [6, 6.07) is 0.504. The standard InChI is InChI=1S/C16H26N4O/c1-3-15-17-8-11-20(15)13-6-4-10-19(12-13)16(21)14-7-5-9-18(14)2/h8,11,13-14H,3-7,9-10,12H2,1-2H3/t13-,14+/m0/s1. The first-order valence-electron chi connectivity index (χ1n) is 8.21. The van der Waals surface area contributed by atoms with E-state index in [9.17, 15) is 4.79 Å². The molecule has 0 aliphatic carbocycles. The largest absolute Gasteiger partial charge is 0.339 e. The number of hydrogen-bond acceptors (Lipinski definition) is 3. The molecule has 1 aromatic rings. The lowest BCUT2D eigenvalue weighted by molar-refractivity contribution is -0.137. The van der Waals surface area contributed by atoms with Crippen molar-refractivity contribution < 1.29 is 4.79 Å². The minimum atomic E-state index is 0.109. The number of amides is 1. The van der Waals surface area contributed by atoms with Crippen molar-refractivity contribution in [1.29, 1.82) is 0 Å². The Morgan fingerprint density at radius 2 is 2.14 bits per heavy atom. The van der Waals surface area contributed by atoms with Crippen LogP contribution in [-0.4, -0.2) is 58.0 Å². The number of nitrogens with zero attached hydrogens (tertiary/aromatic N) is 4. The molecule has 0 saturated carbocycles. The van der Waals surface area contributed by atoms with Gasteiger partial charge in [-0.3, -0.25) is 9.69 Å². The zero-order valence-corrected chi connectivity index (χ0v) is 13.2.